The second-order valence-electron chi connectivity index (χ2n) is 5.98. The van der Waals surface area contributed by atoms with Gasteiger partial charge in [-0.05, 0) is 57.4 Å². The largest absolute Gasteiger partial charge is 0.478 e. The summed E-state index contributed by atoms with van der Waals surface area (Å²) in [5.41, 5.74) is 2.17. The highest BCUT2D eigenvalue weighted by Gasteiger charge is 2.24. The SMILES string of the molecule is Cc1ccc(C(=O)O)c(NCC2CCN(C(C)C)C2)c1. The Labute approximate surface area is 120 Å². The van der Waals surface area contributed by atoms with Gasteiger partial charge in [0.1, 0.15) is 0 Å². The van der Waals surface area contributed by atoms with Crippen LogP contribution in [0.5, 0.6) is 0 Å². The van der Waals surface area contributed by atoms with Crippen LogP contribution < -0.4 is 5.32 Å². The molecule has 1 fully saturated rings. The van der Waals surface area contributed by atoms with Gasteiger partial charge in [-0.3, -0.25) is 0 Å². The number of benzene rings is 1. The molecule has 1 aliphatic heterocycles. The first-order valence-corrected chi connectivity index (χ1v) is 7.29. The van der Waals surface area contributed by atoms with Crippen LogP contribution >= 0.6 is 0 Å². The van der Waals surface area contributed by atoms with Gasteiger partial charge in [-0.25, -0.2) is 4.79 Å². The molecule has 1 saturated heterocycles. The number of carbonyl (C=O) groups is 1. The van der Waals surface area contributed by atoms with E-state index in [1.54, 1.807) is 6.07 Å². The number of aryl methyl sites for hydroxylation is 1. The standard InChI is InChI=1S/C16H24N2O2/c1-11(2)18-7-6-13(10-18)9-17-15-8-12(3)4-5-14(15)16(19)20/h4-5,8,11,13,17H,6-7,9-10H2,1-3H3,(H,19,20). The lowest BCUT2D eigenvalue weighted by Gasteiger charge is -2.20. The smallest absolute Gasteiger partial charge is 0.337 e. The van der Waals surface area contributed by atoms with E-state index in [0.717, 1.165) is 30.9 Å². The first-order chi connectivity index (χ1) is 9.47. The molecule has 0 saturated carbocycles. The van der Waals surface area contributed by atoms with E-state index in [2.05, 4.69) is 24.1 Å². The van der Waals surface area contributed by atoms with Crippen LogP contribution in [-0.4, -0.2) is 41.7 Å². The summed E-state index contributed by atoms with van der Waals surface area (Å²) in [4.78, 5) is 13.7. The van der Waals surface area contributed by atoms with E-state index in [9.17, 15) is 9.90 Å². The normalized spacial score (nSPS) is 19.5. The lowest BCUT2D eigenvalue weighted by molar-refractivity contribution is 0.0698. The van der Waals surface area contributed by atoms with Crippen molar-refractivity contribution in [2.45, 2.75) is 33.2 Å². The van der Waals surface area contributed by atoms with Gasteiger partial charge in [0.2, 0.25) is 0 Å². The molecule has 0 radical (unpaired) electrons. The van der Waals surface area contributed by atoms with Crippen molar-refractivity contribution in [1.29, 1.82) is 0 Å². The molecule has 0 bridgehead atoms. The van der Waals surface area contributed by atoms with Gasteiger partial charge in [0.15, 0.2) is 0 Å². The Hall–Kier alpha value is -1.55. The first kappa shape index (κ1) is 14.9. The second-order valence-corrected chi connectivity index (χ2v) is 5.98. The predicted octanol–water partition coefficient (Wildman–Crippen LogP) is 2.84. The summed E-state index contributed by atoms with van der Waals surface area (Å²) in [6.07, 6.45) is 1.18. The number of nitrogens with zero attached hydrogens (tertiary/aromatic N) is 1. The van der Waals surface area contributed by atoms with Gasteiger partial charge >= 0.3 is 5.97 Å². The van der Waals surface area contributed by atoms with E-state index < -0.39 is 5.97 Å². The van der Waals surface area contributed by atoms with Crippen molar-refractivity contribution in [3.8, 4) is 0 Å². The zero-order valence-electron chi connectivity index (χ0n) is 12.5. The van der Waals surface area contributed by atoms with Crippen LogP contribution in [0.2, 0.25) is 0 Å². The van der Waals surface area contributed by atoms with E-state index in [1.807, 2.05) is 19.1 Å². The van der Waals surface area contributed by atoms with E-state index in [0.29, 0.717) is 17.5 Å². The molecule has 1 unspecified atom stereocenters. The van der Waals surface area contributed by atoms with Crippen LogP contribution in [0.15, 0.2) is 18.2 Å². The number of anilines is 1. The summed E-state index contributed by atoms with van der Waals surface area (Å²) < 4.78 is 0. The van der Waals surface area contributed by atoms with Gasteiger partial charge in [0.25, 0.3) is 0 Å². The van der Waals surface area contributed by atoms with Crippen LogP contribution in [0.1, 0.15) is 36.2 Å². The molecule has 0 aliphatic carbocycles. The van der Waals surface area contributed by atoms with Gasteiger partial charge in [-0.1, -0.05) is 6.07 Å². The minimum absolute atomic E-state index is 0.356. The highest BCUT2D eigenvalue weighted by Crippen LogP contribution is 2.22. The van der Waals surface area contributed by atoms with Crippen LogP contribution in [0, 0.1) is 12.8 Å². The number of carboxylic acids is 1. The Bertz CT molecular complexity index is 485. The Morgan fingerprint density at radius 1 is 1.50 bits per heavy atom. The van der Waals surface area contributed by atoms with E-state index >= 15 is 0 Å². The maximum Gasteiger partial charge on any atom is 0.337 e. The monoisotopic (exact) mass is 276 g/mol. The van der Waals surface area contributed by atoms with Crippen molar-refractivity contribution in [3.05, 3.63) is 29.3 Å². The molecule has 0 aromatic heterocycles. The predicted molar refractivity (Wildman–Crippen MR) is 81.4 cm³/mol. The third-order valence-corrected chi connectivity index (χ3v) is 4.03. The Morgan fingerprint density at radius 2 is 2.25 bits per heavy atom. The lowest BCUT2D eigenvalue weighted by atomic mass is 10.1. The fourth-order valence-electron chi connectivity index (χ4n) is 2.74. The molecule has 1 atom stereocenters. The van der Waals surface area contributed by atoms with Crippen LogP contribution in [0.4, 0.5) is 5.69 Å². The number of hydrogen-bond acceptors (Lipinski definition) is 3. The number of aromatic carboxylic acids is 1. The van der Waals surface area contributed by atoms with Crippen molar-refractivity contribution in [2.24, 2.45) is 5.92 Å². The molecule has 4 nitrogen and oxygen atoms in total. The van der Waals surface area contributed by atoms with Crippen LogP contribution in [0.25, 0.3) is 0 Å². The summed E-state index contributed by atoms with van der Waals surface area (Å²) in [5, 5.41) is 12.5. The quantitative estimate of drug-likeness (QED) is 0.868. The number of nitrogens with one attached hydrogen (secondary N) is 1. The molecular formula is C16H24N2O2. The van der Waals surface area contributed by atoms with Gasteiger partial charge < -0.3 is 15.3 Å². The summed E-state index contributed by atoms with van der Waals surface area (Å²) >= 11 is 0. The van der Waals surface area contributed by atoms with Crippen molar-refractivity contribution in [3.63, 3.8) is 0 Å². The van der Waals surface area contributed by atoms with Gasteiger partial charge in [0.05, 0.1) is 5.56 Å². The molecule has 0 spiro atoms. The fourth-order valence-corrected chi connectivity index (χ4v) is 2.74. The lowest BCUT2D eigenvalue weighted by Crippen LogP contribution is -2.29. The van der Waals surface area contributed by atoms with Gasteiger partial charge in [0, 0.05) is 24.8 Å². The van der Waals surface area contributed by atoms with E-state index in [1.165, 1.54) is 6.42 Å². The zero-order chi connectivity index (χ0) is 14.7. The average molecular weight is 276 g/mol. The molecular weight excluding hydrogens is 252 g/mol. The summed E-state index contributed by atoms with van der Waals surface area (Å²) in [7, 11) is 0. The number of likely N-dealkylation sites (tertiary alicyclic amines) is 1. The Balaban J connectivity index is 1.98. The molecule has 1 heterocycles. The van der Waals surface area contributed by atoms with Gasteiger partial charge in [-0.2, -0.15) is 0 Å². The van der Waals surface area contributed by atoms with Crippen LogP contribution in [-0.2, 0) is 0 Å². The summed E-state index contributed by atoms with van der Waals surface area (Å²) in [5.74, 6) is -0.276. The molecule has 2 rings (SSSR count). The molecule has 2 N–H and O–H groups in total. The highest BCUT2D eigenvalue weighted by molar-refractivity contribution is 5.94. The average Bonchev–Trinajstić information content (AvgIpc) is 2.85. The molecule has 110 valence electrons. The van der Waals surface area contributed by atoms with Crippen molar-refractivity contribution >= 4 is 11.7 Å². The second kappa shape index (κ2) is 6.27. The van der Waals surface area contributed by atoms with Crippen LogP contribution in [0.3, 0.4) is 0 Å². The van der Waals surface area contributed by atoms with Crippen molar-refractivity contribution < 1.29 is 9.90 Å². The van der Waals surface area contributed by atoms with Crippen molar-refractivity contribution in [1.82, 2.24) is 4.90 Å². The number of carboxylic acid groups (broad SMARTS) is 1. The zero-order valence-corrected chi connectivity index (χ0v) is 12.5. The minimum atomic E-state index is -0.872. The number of hydrogen-bond donors (Lipinski definition) is 2. The van der Waals surface area contributed by atoms with Crippen molar-refractivity contribution in [2.75, 3.05) is 25.0 Å². The first-order valence-electron chi connectivity index (χ1n) is 7.29. The topological polar surface area (TPSA) is 52.6 Å². The molecule has 1 aliphatic rings. The maximum absolute atomic E-state index is 11.2. The molecule has 0 amide bonds. The summed E-state index contributed by atoms with van der Waals surface area (Å²) in [6.45, 7) is 9.50. The molecule has 20 heavy (non-hydrogen) atoms. The van der Waals surface area contributed by atoms with E-state index in [4.69, 9.17) is 0 Å². The minimum Gasteiger partial charge on any atom is -0.478 e. The fraction of sp³-hybridized carbons (Fsp3) is 0.562. The molecule has 4 heteroatoms. The van der Waals surface area contributed by atoms with Gasteiger partial charge in [-0.15, -0.1) is 0 Å². The molecule has 1 aromatic carbocycles. The third-order valence-electron chi connectivity index (χ3n) is 4.03. The number of rotatable bonds is 5. The van der Waals surface area contributed by atoms with E-state index in [-0.39, 0.29) is 0 Å². The Kier molecular flexibility index (Phi) is 4.65. The summed E-state index contributed by atoms with van der Waals surface area (Å²) in [6, 6.07) is 6.02. The third kappa shape index (κ3) is 3.51. The molecule has 1 aromatic rings. The maximum atomic E-state index is 11.2. The highest BCUT2D eigenvalue weighted by atomic mass is 16.4. The Morgan fingerprint density at radius 3 is 2.85 bits per heavy atom.